The van der Waals surface area contributed by atoms with Crippen LogP contribution in [0, 0.1) is 0 Å². The molecule has 11 nitrogen and oxygen atoms in total. The zero-order valence-electron chi connectivity index (χ0n) is 17.3. The number of amides is 1. The van der Waals surface area contributed by atoms with Gasteiger partial charge < -0.3 is 14.8 Å². The van der Waals surface area contributed by atoms with Gasteiger partial charge in [-0.25, -0.2) is 4.79 Å². The molecule has 0 unspecified atom stereocenters. The Labute approximate surface area is 177 Å². The summed E-state index contributed by atoms with van der Waals surface area (Å²) in [5, 5.41) is 13.4. The second kappa shape index (κ2) is 7.64. The van der Waals surface area contributed by atoms with Gasteiger partial charge in [0, 0.05) is 45.3 Å². The highest BCUT2D eigenvalue weighted by atomic mass is 16.2. The van der Waals surface area contributed by atoms with Crippen molar-refractivity contribution in [3.63, 3.8) is 0 Å². The number of aromatic nitrogens is 6. The van der Waals surface area contributed by atoms with Gasteiger partial charge in [0.1, 0.15) is 11.4 Å². The SMILES string of the molecule is Cn1c(=O)[nH]cc(C(=O)N2CCC(c3nnc4ccc(N5CCCC5)nn34)CC2)c1=O. The maximum Gasteiger partial charge on any atom is 0.328 e. The van der Waals surface area contributed by atoms with Crippen molar-refractivity contribution in [3.8, 4) is 0 Å². The zero-order valence-corrected chi connectivity index (χ0v) is 17.3. The first-order valence-electron chi connectivity index (χ1n) is 10.6. The fourth-order valence-electron chi connectivity index (χ4n) is 4.39. The molecule has 0 aliphatic carbocycles. The molecule has 162 valence electrons. The average molecular weight is 424 g/mol. The summed E-state index contributed by atoms with van der Waals surface area (Å²) in [6, 6.07) is 3.94. The third-order valence-corrected chi connectivity index (χ3v) is 6.26. The maximum atomic E-state index is 12.8. The number of hydrogen-bond acceptors (Lipinski definition) is 7. The molecule has 1 N–H and O–H groups in total. The predicted molar refractivity (Wildman–Crippen MR) is 112 cm³/mol. The van der Waals surface area contributed by atoms with Crippen LogP contribution in [0.1, 0.15) is 47.8 Å². The second-order valence-electron chi connectivity index (χ2n) is 8.15. The van der Waals surface area contributed by atoms with Crippen molar-refractivity contribution >= 4 is 17.4 Å². The van der Waals surface area contributed by atoms with Gasteiger partial charge in [-0.2, -0.15) is 4.52 Å². The van der Waals surface area contributed by atoms with E-state index in [-0.39, 0.29) is 17.4 Å². The first-order valence-corrected chi connectivity index (χ1v) is 10.6. The number of anilines is 1. The largest absolute Gasteiger partial charge is 0.355 e. The lowest BCUT2D eigenvalue weighted by Crippen LogP contribution is -2.43. The highest BCUT2D eigenvalue weighted by molar-refractivity contribution is 5.93. The van der Waals surface area contributed by atoms with Crippen LogP contribution in [0.15, 0.2) is 27.9 Å². The summed E-state index contributed by atoms with van der Waals surface area (Å²) in [6.07, 6.45) is 4.96. The second-order valence-corrected chi connectivity index (χ2v) is 8.15. The van der Waals surface area contributed by atoms with Crippen LogP contribution in [0.4, 0.5) is 5.82 Å². The monoisotopic (exact) mass is 424 g/mol. The van der Waals surface area contributed by atoms with Crippen molar-refractivity contribution in [1.29, 1.82) is 0 Å². The molecule has 0 aromatic carbocycles. The zero-order chi connectivity index (χ0) is 21.5. The summed E-state index contributed by atoms with van der Waals surface area (Å²) in [4.78, 5) is 43.0. The number of piperidine rings is 1. The van der Waals surface area contributed by atoms with Crippen molar-refractivity contribution in [2.45, 2.75) is 31.6 Å². The Morgan fingerprint density at radius 3 is 2.55 bits per heavy atom. The molecule has 0 radical (unpaired) electrons. The van der Waals surface area contributed by atoms with E-state index in [0.29, 0.717) is 31.6 Å². The van der Waals surface area contributed by atoms with Gasteiger partial charge in [0.15, 0.2) is 11.5 Å². The van der Waals surface area contributed by atoms with Gasteiger partial charge in [0.05, 0.1) is 0 Å². The summed E-state index contributed by atoms with van der Waals surface area (Å²) >= 11 is 0. The van der Waals surface area contributed by atoms with Gasteiger partial charge in [-0.1, -0.05) is 0 Å². The van der Waals surface area contributed by atoms with Crippen LogP contribution in [0.5, 0.6) is 0 Å². The van der Waals surface area contributed by atoms with E-state index in [2.05, 4.69) is 20.1 Å². The summed E-state index contributed by atoms with van der Waals surface area (Å²) < 4.78 is 2.74. The molecule has 2 saturated heterocycles. The number of nitrogens with zero attached hydrogens (tertiary/aromatic N) is 7. The van der Waals surface area contributed by atoms with Crippen LogP contribution in [-0.2, 0) is 7.05 Å². The summed E-state index contributed by atoms with van der Waals surface area (Å²) in [7, 11) is 1.35. The first kappa shape index (κ1) is 19.5. The van der Waals surface area contributed by atoms with E-state index in [4.69, 9.17) is 5.10 Å². The number of nitrogens with one attached hydrogen (secondary N) is 1. The van der Waals surface area contributed by atoms with Gasteiger partial charge in [0.2, 0.25) is 0 Å². The molecular weight excluding hydrogens is 400 g/mol. The Balaban J connectivity index is 1.33. The number of likely N-dealkylation sites (tertiary alicyclic amines) is 1. The molecular formula is C20H24N8O3. The smallest absolute Gasteiger partial charge is 0.328 e. The Morgan fingerprint density at radius 1 is 1.06 bits per heavy atom. The number of carbonyl (C=O) groups excluding carboxylic acids is 1. The van der Waals surface area contributed by atoms with E-state index in [0.717, 1.165) is 29.3 Å². The van der Waals surface area contributed by atoms with Crippen LogP contribution < -0.4 is 16.1 Å². The third-order valence-electron chi connectivity index (χ3n) is 6.26. The van der Waals surface area contributed by atoms with Crippen molar-refractivity contribution in [3.05, 3.63) is 50.6 Å². The van der Waals surface area contributed by atoms with Crippen molar-refractivity contribution < 1.29 is 4.79 Å². The Kier molecular flexibility index (Phi) is 4.79. The van der Waals surface area contributed by atoms with E-state index in [1.165, 1.54) is 26.1 Å². The maximum absolute atomic E-state index is 12.8. The molecule has 5 rings (SSSR count). The highest BCUT2D eigenvalue weighted by Crippen LogP contribution is 2.28. The molecule has 2 aliphatic rings. The number of carbonyl (C=O) groups is 1. The topological polar surface area (TPSA) is 121 Å². The Hall–Kier alpha value is -3.50. The molecule has 0 spiro atoms. The molecule has 1 amide bonds. The van der Waals surface area contributed by atoms with Crippen molar-refractivity contribution in [2.75, 3.05) is 31.1 Å². The molecule has 5 heterocycles. The number of aromatic amines is 1. The lowest BCUT2D eigenvalue weighted by Gasteiger charge is -2.31. The van der Waals surface area contributed by atoms with Crippen molar-refractivity contribution in [1.82, 2.24) is 34.3 Å². The number of fused-ring (bicyclic) bond motifs is 1. The van der Waals surface area contributed by atoms with Gasteiger partial charge >= 0.3 is 5.69 Å². The molecule has 3 aromatic heterocycles. The van der Waals surface area contributed by atoms with Crippen LogP contribution in [0.25, 0.3) is 5.65 Å². The van der Waals surface area contributed by atoms with E-state index >= 15 is 0 Å². The lowest BCUT2D eigenvalue weighted by molar-refractivity contribution is 0.0707. The van der Waals surface area contributed by atoms with Crippen LogP contribution in [0.2, 0.25) is 0 Å². The number of H-pyrrole nitrogens is 1. The van der Waals surface area contributed by atoms with Gasteiger partial charge in [-0.05, 0) is 37.8 Å². The van der Waals surface area contributed by atoms with E-state index < -0.39 is 11.2 Å². The van der Waals surface area contributed by atoms with Gasteiger partial charge in [0.25, 0.3) is 11.5 Å². The standard InChI is InChI=1S/C20H24N8O3/c1-25-18(29)14(12-21-20(25)31)19(30)27-10-6-13(7-11-27)17-23-22-15-4-5-16(24-28(15)17)26-8-2-3-9-26/h4-5,12-13H,2-3,6-11H2,1H3,(H,21,31). The first-order chi connectivity index (χ1) is 15.0. The highest BCUT2D eigenvalue weighted by Gasteiger charge is 2.29. The van der Waals surface area contributed by atoms with Crippen LogP contribution in [-0.4, -0.2) is 66.3 Å². The lowest BCUT2D eigenvalue weighted by atomic mass is 9.95. The number of rotatable bonds is 3. The van der Waals surface area contributed by atoms with Gasteiger partial charge in [-0.15, -0.1) is 15.3 Å². The normalized spacial score (nSPS) is 17.6. The molecule has 0 bridgehead atoms. The molecule has 31 heavy (non-hydrogen) atoms. The quantitative estimate of drug-likeness (QED) is 0.634. The summed E-state index contributed by atoms with van der Waals surface area (Å²) in [5.74, 6) is 1.50. The molecule has 2 aliphatic heterocycles. The molecule has 11 heteroatoms. The fourth-order valence-corrected chi connectivity index (χ4v) is 4.39. The van der Waals surface area contributed by atoms with Gasteiger partial charge in [-0.3, -0.25) is 14.2 Å². The minimum atomic E-state index is -0.585. The van der Waals surface area contributed by atoms with E-state index in [9.17, 15) is 14.4 Å². The van der Waals surface area contributed by atoms with Crippen LogP contribution in [0.3, 0.4) is 0 Å². The fraction of sp³-hybridized carbons (Fsp3) is 0.500. The number of hydrogen-bond donors (Lipinski definition) is 1. The molecule has 0 atom stereocenters. The Morgan fingerprint density at radius 2 is 1.81 bits per heavy atom. The minimum Gasteiger partial charge on any atom is -0.355 e. The summed E-state index contributed by atoms with van der Waals surface area (Å²) in [5.41, 5.74) is -0.434. The predicted octanol–water partition coefficient (Wildman–Crippen LogP) is 0.131. The van der Waals surface area contributed by atoms with Crippen molar-refractivity contribution in [2.24, 2.45) is 7.05 Å². The Bertz CT molecular complexity index is 1250. The molecule has 0 saturated carbocycles. The minimum absolute atomic E-state index is 0.0228. The van der Waals surface area contributed by atoms with E-state index in [1.807, 2.05) is 16.6 Å². The summed E-state index contributed by atoms with van der Waals surface area (Å²) in [6.45, 7) is 3.01. The average Bonchev–Trinajstić information content (AvgIpc) is 3.47. The van der Waals surface area contributed by atoms with Crippen LogP contribution >= 0.6 is 0 Å². The molecule has 3 aromatic rings. The third kappa shape index (κ3) is 3.39. The molecule has 2 fully saturated rings. The van der Waals surface area contributed by atoms with E-state index in [1.54, 1.807) is 4.90 Å².